The molecule has 6 heteroatoms. The Balaban J connectivity index is 1.94. The van der Waals surface area contributed by atoms with Gasteiger partial charge in [0.15, 0.2) is 9.84 Å². The molecule has 21 heavy (non-hydrogen) atoms. The van der Waals surface area contributed by atoms with Crippen LogP contribution in [0, 0.1) is 17.2 Å². The molecule has 1 aromatic carbocycles. The highest BCUT2D eigenvalue weighted by Gasteiger charge is 2.39. The third-order valence-corrected chi connectivity index (χ3v) is 5.16. The third-order valence-electron chi connectivity index (χ3n) is 4.05. The number of benzene rings is 1. The highest BCUT2D eigenvalue weighted by Crippen LogP contribution is 2.35. The second kappa shape index (κ2) is 6.04. The summed E-state index contributed by atoms with van der Waals surface area (Å²) in [6.07, 6.45) is 4.51. The molecule has 0 bridgehead atoms. The lowest BCUT2D eigenvalue weighted by atomic mass is 9.87. The Hall–Kier alpha value is -1.58. The van der Waals surface area contributed by atoms with Crippen molar-refractivity contribution in [2.24, 2.45) is 11.7 Å². The number of nitrogens with two attached hydrogens (primary N) is 1. The van der Waals surface area contributed by atoms with Crippen LogP contribution in [0.4, 0.5) is 0 Å². The van der Waals surface area contributed by atoms with E-state index in [0.29, 0.717) is 18.8 Å². The molecule has 1 fully saturated rings. The second-order valence-electron chi connectivity index (χ2n) is 5.63. The Kier molecular flexibility index (Phi) is 4.55. The number of nitriles is 1. The summed E-state index contributed by atoms with van der Waals surface area (Å²) in [5.74, 6) is 0.663. The van der Waals surface area contributed by atoms with E-state index >= 15 is 0 Å². The molecule has 5 nitrogen and oxygen atoms in total. The lowest BCUT2D eigenvalue weighted by Gasteiger charge is -2.23. The fourth-order valence-electron chi connectivity index (χ4n) is 2.77. The zero-order chi connectivity index (χ0) is 15.5. The quantitative estimate of drug-likeness (QED) is 0.896. The smallest absolute Gasteiger partial charge is 0.175 e. The van der Waals surface area contributed by atoms with Crippen LogP contribution in [0.2, 0.25) is 0 Å². The van der Waals surface area contributed by atoms with Gasteiger partial charge in [0, 0.05) is 6.26 Å². The molecule has 2 atom stereocenters. The molecule has 1 aliphatic rings. The molecule has 2 N–H and O–H groups in total. The van der Waals surface area contributed by atoms with E-state index in [0.717, 1.165) is 19.3 Å². The minimum absolute atomic E-state index is 0.139. The fourth-order valence-corrected chi connectivity index (χ4v) is 3.42. The van der Waals surface area contributed by atoms with Gasteiger partial charge in [-0.25, -0.2) is 8.42 Å². The zero-order valence-electron chi connectivity index (χ0n) is 12.1. The molecule has 0 amide bonds. The molecule has 0 aromatic heterocycles. The first-order valence-corrected chi connectivity index (χ1v) is 8.87. The van der Waals surface area contributed by atoms with E-state index < -0.39 is 15.4 Å². The maximum absolute atomic E-state index is 11.5. The molecule has 1 aliphatic carbocycles. The molecule has 1 aromatic rings. The van der Waals surface area contributed by atoms with Crippen molar-refractivity contribution in [2.75, 3.05) is 12.9 Å². The summed E-state index contributed by atoms with van der Waals surface area (Å²) >= 11 is 0. The molecule has 0 aliphatic heterocycles. The summed E-state index contributed by atoms with van der Waals surface area (Å²) in [4.78, 5) is 0.242. The highest BCUT2D eigenvalue weighted by atomic mass is 32.2. The van der Waals surface area contributed by atoms with Crippen LogP contribution in [-0.4, -0.2) is 26.8 Å². The molecule has 2 rings (SSSR count). The molecular formula is C15H20N2O3S. The van der Waals surface area contributed by atoms with Crippen LogP contribution in [0.15, 0.2) is 29.2 Å². The van der Waals surface area contributed by atoms with Crippen molar-refractivity contribution >= 4 is 9.84 Å². The largest absolute Gasteiger partial charge is 0.494 e. The van der Waals surface area contributed by atoms with Crippen molar-refractivity contribution in [3.63, 3.8) is 0 Å². The normalized spacial score (nSPS) is 25.5. The van der Waals surface area contributed by atoms with Crippen molar-refractivity contribution in [3.05, 3.63) is 24.3 Å². The molecule has 114 valence electrons. The molecule has 0 heterocycles. The average Bonchev–Trinajstić information content (AvgIpc) is 2.81. The van der Waals surface area contributed by atoms with E-state index in [1.165, 1.54) is 12.3 Å². The Labute approximate surface area is 125 Å². The number of hydrogen-bond donors (Lipinski definition) is 1. The van der Waals surface area contributed by atoms with Gasteiger partial charge in [-0.3, -0.25) is 0 Å². The Bertz CT molecular complexity index is 651. The minimum Gasteiger partial charge on any atom is -0.494 e. The lowest BCUT2D eigenvalue weighted by molar-refractivity contribution is 0.254. The van der Waals surface area contributed by atoms with Crippen LogP contribution >= 0.6 is 0 Å². The molecule has 0 spiro atoms. The van der Waals surface area contributed by atoms with E-state index in [-0.39, 0.29) is 10.8 Å². The van der Waals surface area contributed by atoms with Gasteiger partial charge < -0.3 is 10.5 Å². The fraction of sp³-hybridized carbons (Fsp3) is 0.533. The maximum atomic E-state index is 11.5. The minimum atomic E-state index is -3.23. The predicted molar refractivity (Wildman–Crippen MR) is 79.5 cm³/mol. The summed E-state index contributed by atoms with van der Waals surface area (Å²) < 4.78 is 28.6. The van der Waals surface area contributed by atoms with Gasteiger partial charge in [-0.15, -0.1) is 0 Å². The van der Waals surface area contributed by atoms with Crippen LogP contribution in [0.25, 0.3) is 0 Å². The van der Waals surface area contributed by atoms with E-state index in [4.69, 9.17) is 15.7 Å². The van der Waals surface area contributed by atoms with Crippen molar-refractivity contribution in [1.29, 1.82) is 5.26 Å². The van der Waals surface area contributed by atoms with Gasteiger partial charge in [-0.2, -0.15) is 5.26 Å². The number of sulfone groups is 1. The Morgan fingerprint density at radius 3 is 2.95 bits per heavy atom. The Morgan fingerprint density at radius 2 is 2.29 bits per heavy atom. The molecule has 1 saturated carbocycles. The van der Waals surface area contributed by atoms with Crippen LogP contribution in [0.3, 0.4) is 0 Å². The number of rotatable bonds is 5. The third kappa shape index (κ3) is 3.74. The van der Waals surface area contributed by atoms with Crippen molar-refractivity contribution in [2.45, 2.75) is 36.1 Å². The summed E-state index contributed by atoms with van der Waals surface area (Å²) in [5.41, 5.74) is 5.33. The number of hydrogen-bond acceptors (Lipinski definition) is 5. The number of nitrogens with zero attached hydrogens (tertiary/aromatic N) is 1. The van der Waals surface area contributed by atoms with Gasteiger partial charge >= 0.3 is 0 Å². The van der Waals surface area contributed by atoms with Gasteiger partial charge in [-0.05, 0) is 43.4 Å². The summed E-state index contributed by atoms with van der Waals surface area (Å²) in [5, 5.41) is 9.16. The predicted octanol–water partition coefficient (Wildman–Crippen LogP) is 1.88. The monoisotopic (exact) mass is 308 g/mol. The van der Waals surface area contributed by atoms with Crippen LogP contribution in [0.1, 0.15) is 25.7 Å². The Morgan fingerprint density at radius 1 is 1.52 bits per heavy atom. The molecule has 0 saturated heterocycles. The van der Waals surface area contributed by atoms with E-state index in [2.05, 4.69) is 6.07 Å². The maximum Gasteiger partial charge on any atom is 0.175 e. The van der Waals surface area contributed by atoms with Crippen molar-refractivity contribution < 1.29 is 13.2 Å². The number of ether oxygens (including phenoxy) is 1. The summed E-state index contributed by atoms with van der Waals surface area (Å²) in [6.45, 7) is 0.429. The first-order valence-electron chi connectivity index (χ1n) is 6.98. The second-order valence-corrected chi connectivity index (χ2v) is 7.64. The average molecular weight is 308 g/mol. The molecule has 0 radical (unpaired) electrons. The standard InChI is InChI=1S/C15H20N2O3S/c1-21(18,19)14-6-2-5-13(10-14)20-9-7-12-4-3-8-15(12,17)11-16/h2,5-6,10,12H,3-4,7-9,17H2,1H3. The van der Waals surface area contributed by atoms with Crippen molar-refractivity contribution in [1.82, 2.24) is 0 Å². The zero-order valence-corrected chi connectivity index (χ0v) is 12.9. The first kappa shape index (κ1) is 15.8. The van der Waals surface area contributed by atoms with Crippen LogP contribution in [-0.2, 0) is 9.84 Å². The topological polar surface area (TPSA) is 93.2 Å². The van der Waals surface area contributed by atoms with Gasteiger partial charge in [0.1, 0.15) is 11.3 Å². The van der Waals surface area contributed by atoms with Crippen LogP contribution < -0.4 is 10.5 Å². The van der Waals surface area contributed by atoms with Crippen molar-refractivity contribution in [3.8, 4) is 11.8 Å². The molecule has 2 unspecified atom stereocenters. The van der Waals surface area contributed by atoms with Gasteiger partial charge in [0.2, 0.25) is 0 Å². The highest BCUT2D eigenvalue weighted by molar-refractivity contribution is 7.90. The van der Waals surface area contributed by atoms with Crippen LogP contribution in [0.5, 0.6) is 5.75 Å². The SMILES string of the molecule is CS(=O)(=O)c1cccc(OCCC2CCCC2(N)C#N)c1. The first-order chi connectivity index (χ1) is 9.85. The molecular weight excluding hydrogens is 288 g/mol. The van der Waals surface area contributed by atoms with Gasteiger partial charge in [-0.1, -0.05) is 12.5 Å². The van der Waals surface area contributed by atoms with E-state index in [9.17, 15) is 8.42 Å². The van der Waals surface area contributed by atoms with E-state index in [1.807, 2.05) is 0 Å². The summed E-state index contributed by atoms with van der Waals surface area (Å²) in [6, 6.07) is 8.65. The lowest BCUT2D eigenvalue weighted by Crippen LogP contribution is -2.42. The summed E-state index contributed by atoms with van der Waals surface area (Å²) in [7, 11) is -3.23. The van der Waals surface area contributed by atoms with Gasteiger partial charge in [0.05, 0.1) is 17.6 Å². The van der Waals surface area contributed by atoms with Gasteiger partial charge in [0.25, 0.3) is 0 Å². The van der Waals surface area contributed by atoms with E-state index in [1.54, 1.807) is 18.2 Å².